The van der Waals surface area contributed by atoms with E-state index in [1.54, 1.807) is 5.38 Å². The second-order valence-corrected chi connectivity index (χ2v) is 5.83. The number of carbonyl (C=O) groups is 1. The van der Waals surface area contributed by atoms with Gasteiger partial charge in [0.05, 0.1) is 10.9 Å². The number of aromatic carboxylic acids is 1. The monoisotopic (exact) mass is 283 g/mol. The molecule has 0 saturated heterocycles. The van der Waals surface area contributed by atoms with Crippen molar-refractivity contribution in [1.29, 1.82) is 0 Å². The third kappa shape index (κ3) is 2.66. The summed E-state index contributed by atoms with van der Waals surface area (Å²) in [5.74, 6) is -1.35. The van der Waals surface area contributed by atoms with Crippen LogP contribution in [0.4, 0.5) is 5.13 Å². The Balaban J connectivity index is 2.27. The maximum atomic E-state index is 11.9. The second kappa shape index (κ2) is 4.75. The Bertz CT molecular complexity index is 648. The first kappa shape index (κ1) is 12.5. The quantitative estimate of drug-likeness (QED) is 0.870. The van der Waals surface area contributed by atoms with Gasteiger partial charge in [0.1, 0.15) is 0 Å². The number of thiazole rings is 1. The van der Waals surface area contributed by atoms with Crippen molar-refractivity contribution >= 4 is 32.5 Å². The molecule has 18 heavy (non-hydrogen) atoms. The standard InChI is InChI=1S/C10H8N2O4S2/c13-9(14)7-1-3-8(4-2-7)18(15,16)12-10-11-5-6-17-10/h1-6H,(H,11,12)(H,13,14)/p-1. The van der Waals surface area contributed by atoms with E-state index in [2.05, 4.69) is 9.71 Å². The molecule has 0 bridgehead atoms. The van der Waals surface area contributed by atoms with Crippen LogP contribution >= 0.6 is 11.3 Å². The number of rotatable bonds is 4. The van der Waals surface area contributed by atoms with Gasteiger partial charge < -0.3 is 9.90 Å². The van der Waals surface area contributed by atoms with Crippen LogP contribution in [0.3, 0.4) is 0 Å². The number of nitrogens with zero attached hydrogens (tertiary/aromatic N) is 1. The smallest absolute Gasteiger partial charge is 0.263 e. The van der Waals surface area contributed by atoms with Crippen molar-refractivity contribution in [3.63, 3.8) is 0 Å². The number of nitrogens with one attached hydrogen (secondary N) is 1. The molecule has 2 rings (SSSR count). The Morgan fingerprint density at radius 1 is 1.28 bits per heavy atom. The first-order chi connectivity index (χ1) is 8.49. The molecule has 1 aromatic heterocycles. The Hall–Kier alpha value is -1.93. The first-order valence-corrected chi connectivity index (χ1v) is 7.09. The molecule has 1 aromatic carbocycles. The highest BCUT2D eigenvalue weighted by molar-refractivity contribution is 7.93. The van der Waals surface area contributed by atoms with Crippen molar-refractivity contribution in [3.05, 3.63) is 41.4 Å². The van der Waals surface area contributed by atoms with E-state index in [0.717, 1.165) is 11.3 Å². The lowest BCUT2D eigenvalue weighted by Crippen LogP contribution is -2.22. The molecule has 0 aliphatic heterocycles. The summed E-state index contributed by atoms with van der Waals surface area (Å²) in [6, 6.07) is 4.74. The highest BCUT2D eigenvalue weighted by Gasteiger charge is 2.15. The first-order valence-electron chi connectivity index (χ1n) is 4.73. The number of hydrogen-bond acceptors (Lipinski definition) is 6. The highest BCUT2D eigenvalue weighted by atomic mass is 32.2. The maximum Gasteiger partial charge on any atom is 0.263 e. The SMILES string of the molecule is O=C([O-])c1ccc(S(=O)(=O)Nc2nccs2)cc1. The Morgan fingerprint density at radius 3 is 2.44 bits per heavy atom. The van der Waals surface area contributed by atoms with E-state index in [9.17, 15) is 18.3 Å². The van der Waals surface area contributed by atoms with Gasteiger partial charge in [0.2, 0.25) is 0 Å². The van der Waals surface area contributed by atoms with Crippen LogP contribution in [0.1, 0.15) is 10.4 Å². The second-order valence-electron chi connectivity index (χ2n) is 3.25. The number of sulfonamides is 1. The van der Waals surface area contributed by atoms with Gasteiger partial charge in [-0.15, -0.1) is 11.3 Å². The van der Waals surface area contributed by atoms with Crippen LogP contribution < -0.4 is 9.83 Å². The molecule has 0 aliphatic rings. The van der Waals surface area contributed by atoms with Crippen LogP contribution in [0, 0.1) is 0 Å². The average Bonchev–Trinajstić information content (AvgIpc) is 2.81. The summed E-state index contributed by atoms with van der Waals surface area (Å²) in [5, 5.41) is 12.4. The van der Waals surface area contributed by atoms with Crippen molar-refractivity contribution < 1.29 is 18.3 Å². The summed E-state index contributed by atoms with van der Waals surface area (Å²) in [4.78, 5) is 14.3. The van der Waals surface area contributed by atoms with Gasteiger partial charge in [0.25, 0.3) is 10.0 Å². The number of carboxylic acids is 1. The summed E-state index contributed by atoms with van der Waals surface area (Å²) in [5.41, 5.74) is -0.0804. The van der Waals surface area contributed by atoms with Crippen molar-refractivity contribution in [2.45, 2.75) is 4.90 Å². The lowest BCUT2D eigenvalue weighted by Gasteiger charge is -2.06. The van der Waals surface area contributed by atoms with Crippen molar-refractivity contribution in [3.8, 4) is 0 Å². The van der Waals surface area contributed by atoms with E-state index in [-0.39, 0.29) is 15.6 Å². The summed E-state index contributed by atoms with van der Waals surface area (Å²) >= 11 is 1.15. The number of aromatic nitrogens is 1. The molecule has 0 atom stereocenters. The summed E-state index contributed by atoms with van der Waals surface area (Å²) in [6.45, 7) is 0. The zero-order valence-electron chi connectivity index (χ0n) is 8.86. The molecular formula is C10H7N2O4S2-. The fourth-order valence-electron chi connectivity index (χ4n) is 1.22. The molecule has 0 saturated carbocycles. The van der Waals surface area contributed by atoms with E-state index in [4.69, 9.17) is 0 Å². The van der Waals surface area contributed by atoms with E-state index >= 15 is 0 Å². The van der Waals surface area contributed by atoms with Crippen LogP contribution in [-0.2, 0) is 10.0 Å². The Labute approximate surface area is 107 Å². The van der Waals surface area contributed by atoms with Crippen LogP contribution in [0.2, 0.25) is 0 Å². The minimum absolute atomic E-state index is 0.0392. The highest BCUT2D eigenvalue weighted by Crippen LogP contribution is 2.18. The van der Waals surface area contributed by atoms with E-state index in [1.165, 1.54) is 30.5 Å². The van der Waals surface area contributed by atoms with Crippen molar-refractivity contribution in [2.24, 2.45) is 0 Å². The number of carbonyl (C=O) groups excluding carboxylic acids is 1. The molecule has 0 spiro atoms. The van der Waals surface area contributed by atoms with Crippen molar-refractivity contribution in [1.82, 2.24) is 4.98 Å². The molecule has 1 heterocycles. The Kier molecular flexibility index (Phi) is 3.30. The molecule has 2 aromatic rings. The van der Waals surface area contributed by atoms with Gasteiger partial charge in [0.15, 0.2) is 5.13 Å². The Morgan fingerprint density at radius 2 is 1.94 bits per heavy atom. The zero-order valence-corrected chi connectivity index (χ0v) is 10.5. The summed E-state index contributed by atoms with van der Waals surface area (Å²) < 4.78 is 26.0. The predicted molar refractivity (Wildman–Crippen MR) is 63.7 cm³/mol. The van der Waals surface area contributed by atoms with Gasteiger partial charge in [-0.1, -0.05) is 12.1 Å². The summed E-state index contributed by atoms with van der Waals surface area (Å²) in [7, 11) is -3.74. The van der Waals surface area contributed by atoms with Crippen LogP contribution in [-0.4, -0.2) is 19.4 Å². The molecule has 0 amide bonds. The molecule has 6 nitrogen and oxygen atoms in total. The van der Waals surface area contributed by atoms with Gasteiger partial charge in [-0.05, 0) is 17.7 Å². The van der Waals surface area contributed by atoms with E-state index < -0.39 is 16.0 Å². The van der Waals surface area contributed by atoms with Crippen molar-refractivity contribution in [2.75, 3.05) is 4.72 Å². The minimum atomic E-state index is -3.74. The van der Waals surface area contributed by atoms with Crippen LogP contribution in [0.5, 0.6) is 0 Å². The maximum absolute atomic E-state index is 11.9. The van der Waals surface area contributed by atoms with E-state index in [1.807, 2.05) is 0 Å². The fraction of sp³-hybridized carbons (Fsp3) is 0. The fourth-order valence-corrected chi connectivity index (χ4v) is 3.01. The molecule has 8 heteroatoms. The molecule has 0 radical (unpaired) electrons. The summed E-state index contributed by atoms with van der Waals surface area (Å²) in [6.07, 6.45) is 1.47. The number of hydrogen-bond donors (Lipinski definition) is 1. The molecular weight excluding hydrogens is 276 g/mol. The van der Waals surface area contributed by atoms with Gasteiger partial charge in [-0.2, -0.15) is 0 Å². The normalized spacial score (nSPS) is 11.1. The predicted octanol–water partition coefficient (Wildman–Crippen LogP) is 0.307. The largest absolute Gasteiger partial charge is 0.545 e. The van der Waals surface area contributed by atoms with Gasteiger partial charge in [0, 0.05) is 11.6 Å². The van der Waals surface area contributed by atoms with Gasteiger partial charge in [-0.3, -0.25) is 4.72 Å². The molecule has 0 fully saturated rings. The van der Waals surface area contributed by atoms with Gasteiger partial charge in [-0.25, -0.2) is 13.4 Å². The molecule has 94 valence electrons. The van der Waals surface area contributed by atoms with Gasteiger partial charge >= 0.3 is 0 Å². The minimum Gasteiger partial charge on any atom is -0.545 e. The number of anilines is 1. The molecule has 0 aliphatic carbocycles. The lowest BCUT2D eigenvalue weighted by atomic mass is 10.2. The third-order valence-electron chi connectivity index (χ3n) is 2.05. The average molecular weight is 283 g/mol. The molecule has 0 unspecified atom stereocenters. The number of benzene rings is 1. The van der Waals surface area contributed by atoms with Crippen LogP contribution in [0.25, 0.3) is 0 Å². The van der Waals surface area contributed by atoms with Crippen LogP contribution in [0.15, 0.2) is 40.7 Å². The van der Waals surface area contributed by atoms with E-state index in [0.29, 0.717) is 0 Å². The zero-order chi connectivity index (χ0) is 13.2. The lowest BCUT2D eigenvalue weighted by molar-refractivity contribution is -0.255. The molecule has 1 N–H and O–H groups in total. The third-order valence-corrected chi connectivity index (χ3v) is 4.23. The number of carboxylic acid groups (broad SMARTS) is 1. The topological polar surface area (TPSA) is 99.2 Å².